The van der Waals surface area contributed by atoms with Crippen LogP contribution < -0.4 is 9.80 Å². The number of para-hydroxylation sites is 1. The number of fused-ring (bicyclic) bond motifs is 4. The zero-order chi connectivity index (χ0) is 29.6. The number of hydrogen-bond acceptors (Lipinski definition) is 7. The van der Waals surface area contributed by atoms with E-state index in [9.17, 15) is 24.3 Å². The predicted octanol–water partition coefficient (Wildman–Crippen LogP) is 3.42. The molecule has 9 nitrogen and oxygen atoms in total. The Morgan fingerprint density at radius 3 is 2.24 bits per heavy atom. The Labute approximate surface area is 252 Å². The van der Waals surface area contributed by atoms with Gasteiger partial charge < -0.3 is 14.7 Å². The smallest absolute Gasteiger partial charge is 0.253 e. The Morgan fingerprint density at radius 1 is 0.881 bits per heavy atom. The minimum Gasteiger partial charge on any atom is -0.508 e. The minimum absolute atomic E-state index is 0.0904. The van der Waals surface area contributed by atoms with Crippen molar-refractivity contribution in [1.82, 2.24) is 4.90 Å². The number of hydrogen-bond donors (Lipinski definition) is 1. The van der Waals surface area contributed by atoms with Crippen LogP contribution >= 0.6 is 23.2 Å². The van der Waals surface area contributed by atoms with Crippen molar-refractivity contribution in [2.24, 2.45) is 17.8 Å². The van der Waals surface area contributed by atoms with Crippen LogP contribution in [0.3, 0.4) is 0 Å². The van der Waals surface area contributed by atoms with Crippen LogP contribution in [0.4, 0.5) is 11.4 Å². The van der Waals surface area contributed by atoms with Gasteiger partial charge in [-0.3, -0.25) is 29.0 Å². The zero-order valence-electron chi connectivity index (χ0n) is 22.8. The molecule has 4 fully saturated rings. The molecule has 2 aliphatic carbocycles. The van der Waals surface area contributed by atoms with Gasteiger partial charge in [0.05, 0.1) is 30.7 Å². The Morgan fingerprint density at radius 2 is 1.55 bits per heavy atom. The molecule has 0 aromatic heterocycles. The summed E-state index contributed by atoms with van der Waals surface area (Å²) in [4.78, 5) is 55.6. The zero-order valence-corrected chi connectivity index (χ0v) is 24.3. The van der Waals surface area contributed by atoms with Crippen molar-refractivity contribution < 1.29 is 29.0 Å². The number of likely N-dealkylation sites (tertiary alicyclic amines) is 1. The number of rotatable bonds is 3. The highest BCUT2D eigenvalue weighted by atomic mass is 35.5. The van der Waals surface area contributed by atoms with Gasteiger partial charge >= 0.3 is 0 Å². The van der Waals surface area contributed by atoms with E-state index in [1.165, 1.54) is 18.0 Å². The Balaban J connectivity index is 1.29. The maximum absolute atomic E-state index is 14.2. The number of nitrogens with zero attached hydrogens (tertiary/aromatic N) is 3. The van der Waals surface area contributed by atoms with Crippen LogP contribution in [0, 0.1) is 17.8 Å². The molecular weight excluding hydrogens is 581 g/mol. The maximum Gasteiger partial charge on any atom is 0.253 e. The van der Waals surface area contributed by atoms with E-state index < -0.39 is 45.2 Å². The molecule has 7 rings (SSSR count). The summed E-state index contributed by atoms with van der Waals surface area (Å²) in [7, 11) is 1.34. The lowest BCUT2D eigenvalue weighted by Gasteiger charge is -2.50. The molecule has 2 aromatic rings. The minimum atomic E-state index is -1.92. The molecule has 5 aliphatic rings. The van der Waals surface area contributed by atoms with Gasteiger partial charge in [0.15, 0.2) is 9.75 Å². The van der Waals surface area contributed by atoms with E-state index in [0.717, 1.165) is 23.7 Å². The fourth-order valence-corrected chi connectivity index (χ4v) is 8.72. The summed E-state index contributed by atoms with van der Waals surface area (Å²) in [6, 6.07) is 13.8. The first-order chi connectivity index (χ1) is 20.1. The SMILES string of the molecule is CN1C(=O)[C@]2(Cl)C[C@@H]3C(=CC[C@@H]4C(=O)N(c5ccc(N6CCOCC6)cc5)C(=O)[C@@H]43)[C@H](c3ccccc3O)[C@]2(Cl)C1=O. The van der Waals surface area contributed by atoms with Crippen molar-refractivity contribution >= 4 is 58.2 Å². The highest BCUT2D eigenvalue weighted by Gasteiger charge is 2.76. The number of amides is 4. The van der Waals surface area contributed by atoms with Gasteiger partial charge in [-0.1, -0.05) is 29.8 Å². The molecule has 42 heavy (non-hydrogen) atoms. The van der Waals surface area contributed by atoms with Crippen molar-refractivity contribution in [3.8, 4) is 5.75 Å². The highest BCUT2D eigenvalue weighted by molar-refractivity contribution is 6.53. The number of carbonyl (C=O) groups excluding carboxylic acids is 4. The van der Waals surface area contributed by atoms with E-state index >= 15 is 0 Å². The molecule has 3 heterocycles. The third-order valence-electron chi connectivity index (χ3n) is 9.75. The molecule has 3 aliphatic heterocycles. The van der Waals surface area contributed by atoms with Crippen LogP contribution in [-0.4, -0.2) is 76.7 Å². The fraction of sp³-hybridized carbons (Fsp3) is 0.419. The van der Waals surface area contributed by atoms with Gasteiger partial charge in [0.2, 0.25) is 11.8 Å². The number of morpholine rings is 1. The first-order valence-corrected chi connectivity index (χ1v) is 14.8. The summed E-state index contributed by atoms with van der Waals surface area (Å²) in [5, 5.41) is 10.9. The van der Waals surface area contributed by atoms with Crippen LogP contribution in [0.2, 0.25) is 0 Å². The largest absolute Gasteiger partial charge is 0.508 e. The number of benzene rings is 2. The van der Waals surface area contributed by atoms with Crippen LogP contribution in [0.1, 0.15) is 24.3 Å². The van der Waals surface area contributed by atoms with Crippen LogP contribution in [0.5, 0.6) is 5.75 Å². The van der Waals surface area contributed by atoms with E-state index in [0.29, 0.717) is 30.0 Å². The number of phenolic OH excluding ortho intramolecular Hbond substituents is 1. The van der Waals surface area contributed by atoms with Gasteiger partial charge in [0.1, 0.15) is 5.75 Å². The van der Waals surface area contributed by atoms with Crippen LogP contribution in [-0.2, 0) is 23.9 Å². The summed E-state index contributed by atoms with van der Waals surface area (Å²) >= 11 is 14.3. The Hall–Kier alpha value is -3.40. The number of alkyl halides is 2. The number of anilines is 2. The van der Waals surface area contributed by atoms with Gasteiger partial charge in [0.25, 0.3) is 11.8 Å². The van der Waals surface area contributed by atoms with E-state index in [1.54, 1.807) is 30.3 Å². The quantitative estimate of drug-likeness (QED) is 0.323. The van der Waals surface area contributed by atoms with Crippen molar-refractivity contribution in [2.45, 2.75) is 28.5 Å². The topological polar surface area (TPSA) is 107 Å². The summed E-state index contributed by atoms with van der Waals surface area (Å²) in [6.45, 7) is 2.81. The van der Waals surface area contributed by atoms with Crippen molar-refractivity contribution in [3.05, 3.63) is 65.7 Å². The molecule has 0 unspecified atom stereocenters. The number of allylic oxidation sites excluding steroid dienone is 2. The molecule has 0 bridgehead atoms. The monoisotopic (exact) mass is 609 g/mol. The number of phenols is 1. The van der Waals surface area contributed by atoms with E-state index in [1.807, 2.05) is 18.2 Å². The molecule has 1 N–H and O–H groups in total. The molecular formula is C31H29Cl2N3O6. The molecule has 2 aromatic carbocycles. The van der Waals surface area contributed by atoms with Crippen molar-refractivity contribution in [1.29, 1.82) is 0 Å². The summed E-state index contributed by atoms with van der Waals surface area (Å²) in [6.07, 6.45) is 2.02. The first kappa shape index (κ1) is 27.4. The number of ether oxygens (including phenoxy) is 1. The van der Waals surface area contributed by atoms with Gasteiger partial charge in [-0.25, -0.2) is 0 Å². The fourth-order valence-electron chi connectivity index (χ4n) is 7.71. The molecule has 0 radical (unpaired) electrons. The first-order valence-electron chi connectivity index (χ1n) is 14.1. The summed E-state index contributed by atoms with van der Waals surface area (Å²) in [5.74, 6) is -5.17. The lowest BCUT2D eigenvalue weighted by atomic mass is 9.56. The Bertz CT molecular complexity index is 1560. The third-order valence-corrected chi connectivity index (χ3v) is 11.2. The normalized spacial score (nSPS) is 34.4. The second-order valence-electron chi connectivity index (χ2n) is 11.7. The average molecular weight is 610 g/mol. The second kappa shape index (κ2) is 9.56. The molecule has 1 saturated carbocycles. The van der Waals surface area contributed by atoms with E-state index in [-0.39, 0.29) is 30.4 Å². The van der Waals surface area contributed by atoms with E-state index in [2.05, 4.69) is 4.90 Å². The number of halogens is 2. The molecule has 4 amide bonds. The van der Waals surface area contributed by atoms with Gasteiger partial charge in [-0.05, 0) is 49.1 Å². The summed E-state index contributed by atoms with van der Waals surface area (Å²) in [5.41, 5.74) is 2.45. The second-order valence-corrected chi connectivity index (χ2v) is 12.9. The molecule has 3 saturated heterocycles. The number of imide groups is 2. The molecule has 6 atom stereocenters. The van der Waals surface area contributed by atoms with Crippen molar-refractivity contribution in [3.63, 3.8) is 0 Å². The summed E-state index contributed by atoms with van der Waals surface area (Å²) < 4.78 is 5.43. The number of aromatic hydroxyl groups is 1. The number of carbonyl (C=O) groups is 4. The average Bonchev–Trinajstić information content (AvgIpc) is 3.33. The lowest BCUT2D eigenvalue weighted by Crippen LogP contribution is -2.60. The standard InChI is InChI=1S/C31H29Cl2N3O6/c1-34-28(40)30(32)16-22-19(25(31(30,33)29(34)41)20-4-2-3-5-23(20)37)10-11-21-24(22)27(39)36(26(21)38)18-8-6-17(7-9-18)35-12-14-42-15-13-35/h2-10,21-22,24-25,37H,11-16H2,1H3/t21-,22+,24-,25+,30+,31-/m0/s1. The van der Waals surface area contributed by atoms with Gasteiger partial charge in [-0.15, -0.1) is 23.2 Å². The van der Waals surface area contributed by atoms with Crippen LogP contribution in [0.25, 0.3) is 0 Å². The van der Waals surface area contributed by atoms with Gasteiger partial charge in [-0.2, -0.15) is 0 Å². The van der Waals surface area contributed by atoms with Crippen molar-refractivity contribution in [2.75, 3.05) is 43.2 Å². The molecule has 11 heteroatoms. The predicted molar refractivity (Wildman–Crippen MR) is 156 cm³/mol. The molecule has 218 valence electrons. The lowest BCUT2D eigenvalue weighted by molar-refractivity contribution is -0.138. The third kappa shape index (κ3) is 3.53. The highest BCUT2D eigenvalue weighted by Crippen LogP contribution is 2.66. The van der Waals surface area contributed by atoms with E-state index in [4.69, 9.17) is 27.9 Å². The maximum atomic E-state index is 14.2. The van der Waals surface area contributed by atoms with Gasteiger partial charge in [0, 0.05) is 37.3 Å². The molecule has 0 spiro atoms. The van der Waals surface area contributed by atoms with Crippen LogP contribution in [0.15, 0.2) is 60.2 Å². The Kier molecular flexibility index (Phi) is 6.24.